The predicted molar refractivity (Wildman–Crippen MR) is 222 cm³/mol. The van der Waals surface area contributed by atoms with Crippen LogP contribution in [0.4, 0.5) is 11.6 Å². The SMILES string of the molecule is COCCOCCOCCOCCOCCCOc1nn([C@H]2CC[C@H](N3[C@@H]4CC[C@H]3COC4)CC2)cc1Nc1ncc(-c2ccc(Cl)c(O[C@@H](C)Cn3cnnn3)c2)cn1. The number of fused-ring (bicyclic) bond motifs is 2. The Morgan fingerprint density at radius 3 is 2.12 bits per heavy atom. The third-order valence-corrected chi connectivity index (χ3v) is 11.3. The molecule has 3 aliphatic rings. The number of tetrazole rings is 1. The molecule has 328 valence electrons. The maximum atomic E-state index is 6.50. The Morgan fingerprint density at radius 2 is 1.45 bits per heavy atom. The molecule has 60 heavy (non-hydrogen) atoms. The summed E-state index contributed by atoms with van der Waals surface area (Å²) in [6, 6.07) is 7.64. The molecule has 5 heterocycles. The van der Waals surface area contributed by atoms with Crippen molar-refractivity contribution in [2.45, 2.75) is 88.7 Å². The summed E-state index contributed by atoms with van der Waals surface area (Å²) in [5.74, 6) is 1.49. The zero-order valence-electron chi connectivity index (χ0n) is 34.7. The number of nitrogens with zero attached hydrogens (tertiary/aromatic N) is 9. The summed E-state index contributed by atoms with van der Waals surface area (Å²) in [4.78, 5) is 12.1. The minimum Gasteiger partial charge on any atom is -0.487 e. The fourth-order valence-electron chi connectivity index (χ4n) is 8.08. The summed E-state index contributed by atoms with van der Waals surface area (Å²) in [6.07, 6.45) is 14.5. The molecule has 2 aliphatic heterocycles. The van der Waals surface area contributed by atoms with E-state index in [2.05, 4.69) is 40.4 Å². The molecule has 18 nitrogen and oxygen atoms in total. The summed E-state index contributed by atoms with van der Waals surface area (Å²) < 4.78 is 49.2. The van der Waals surface area contributed by atoms with Crippen LogP contribution in [0.2, 0.25) is 5.02 Å². The second-order valence-electron chi connectivity index (χ2n) is 15.3. The highest BCUT2D eigenvalue weighted by Crippen LogP contribution is 2.40. The van der Waals surface area contributed by atoms with Crippen LogP contribution in [0.1, 0.15) is 57.9 Å². The van der Waals surface area contributed by atoms with Gasteiger partial charge in [-0.3, -0.25) is 9.58 Å². The van der Waals surface area contributed by atoms with Crippen LogP contribution in [0.25, 0.3) is 11.1 Å². The van der Waals surface area contributed by atoms with Crippen LogP contribution in [0.5, 0.6) is 11.6 Å². The lowest BCUT2D eigenvalue weighted by Gasteiger charge is -2.43. The van der Waals surface area contributed by atoms with Crippen LogP contribution >= 0.6 is 11.6 Å². The van der Waals surface area contributed by atoms with Gasteiger partial charge in [0.25, 0.3) is 5.88 Å². The molecule has 3 fully saturated rings. The molecular weight excluding hydrogens is 796 g/mol. The number of morpholine rings is 1. The zero-order chi connectivity index (χ0) is 41.4. The van der Waals surface area contributed by atoms with Crippen molar-refractivity contribution < 1.29 is 37.9 Å². The van der Waals surface area contributed by atoms with Crippen molar-refractivity contribution in [2.75, 3.05) is 91.7 Å². The van der Waals surface area contributed by atoms with Gasteiger partial charge in [-0.1, -0.05) is 17.7 Å². The lowest BCUT2D eigenvalue weighted by molar-refractivity contribution is -0.0458. The highest BCUT2D eigenvalue weighted by Gasteiger charge is 2.42. The topological polar surface area (TPSA) is 176 Å². The van der Waals surface area contributed by atoms with Crippen LogP contribution in [-0.4, -0.2) is 155 Å². The van der Waals surface area contributed by atoms with Crippen molar-refractivity contribution in [3.8, 4) is 22.8 Å². The number of hydrogen-bond acceptors (Lipinski definition) is 16. The Balaban J connectivity index is 0.908. The number of methoxy groups -OCH3 is 1. The van der Waals surface area contributed by atoms with E-state index in [1.165, 1.54) is 12.8 Å². The van der Waals surface area contributed by atoms with Crippen LogP contribution in [0.3, 0.4) is 0 Å². The second kappa shape index (κ2) is 23.3. The molecule has 4 aromatic rings. The highest BCUT2D eigenvalue weighted by molar-refractivity contribution is 6.32. The average molecular weight is 855 g/mol. The molecule has 0 spiro atoms. The third-order valence-electron chi connectivity index (χ3n) is 11.0. The van der Waals surface area contributed by atoms with Gasteiger partial charge in [0.15, 0.2) is 0 Å². The van der Waals surface area contributed by atoms with Gasteiger partial charge in [0, 0.05) is 56.2 Å². The quantitative estimate of drug-likeness (QED) is 0.0833. The van der Waals surface area contributed by atoms with Gasteiger partial charge >= 0.3 is 0 Å². The lowest BCUT2D eigenvalue weighted by atomic mass is 9.89. The largest absolute Gasteiger partial charge is 0.487 e. The Bertz CT molecular complexity index is 1820. The van der Waals surface area contributed by atoms with Gasteiger partial charge in [-0.05, 0) is 73.6 Å². The van der Waals surface area contributed by atoms with Crippen LogP contribution in [0, 0.1) is 0 Å². The maximum absolute atomic E-state index is 6.50. The van der Waals surface area contributed by atoms with Crippen LogP contribution in [-0.2, 0) is 35.0 Å². The summed E-state index contributed by atoms with van der Waals surface area (Å²) in [6.45, 7) is 9.36. The van der Waals surface area contributed by atoms with Gasteiger partial charge in [0.2, 0.25) is 5.95 Å². The van der Waals surface area contributed by atoms with E-state index in [0.717, 1.165) is 50.0 Å². The standard InChI is InChI=1S/C41H59ClN10O8/c1-30(25-50-29-45-48-49-50)60-39-22-31(4-11-37(39)42)32-23-43-41(44-24-32)46-38-26-51(33-5-7-34(8-6-33)52-35-9-10-36(52)28-58-27-35)47-40(38)59-13-3-12-54-16-17-56-20-21-57-19-18-55-15-14-53-2/h4,11,22-24,26,29-30,33-36H,3,5-10,12-21,25,27-28H2,1-2H3,(H,43,44,46)/t30-,33-,34-,35-,36+/m0/s1. The van der Waals surface area contributed by atoms with Gasteiger partial charge in [-0.2, -0.15) is 0 Å². The van der Waals surface area contributed by atoms with Crippen molar-refractivity contribution in [3.63, 3.8) is 0 Å². The number of benzene rings is 1. The molecule has 1 N–H and O–H groups in total. The first kappa shape index (κ1) is 44.1. The summed E-state index contributed by atoms with van der Waals surface area (Å²) in [5.41, 5.74) is 2.39. The van der Waals surface area contributed by atoms with Gasteiger partial charge in [-0.15, -0.1) is 10.2 Å². The molecule has 7 rings (SSSR count). The Morgan fingerprint density at radius 1 is 0.800 bits per heavy atom. The van der Waals surface area contributed by atoms with Crippen molar-refractivity contribution >= 4 is 23.2 Å². The Labute approximate surface area is 356 Å². The van der Waals surface area contributed by atoms with E-state index in [4.69, 9.17) is 54.6 Å². The highest BCUT2D eigenvalue weighted by atomic mass is 35.5. The number of halogens is 1. The van der Waals surface area contributed by atoms with Crippen molar-refractivity contribution in [1.82, 2.24) is 44.9 Å². The monoisotopic (exact) mass is 854 g/mol. The predicted octanol–water partition coefficient (Wildman–Crippen LogP) is 5.02. The average Bonchev–Trinajstić information content (AvgIpc) is 3.99. The van der Waals surface area contributed by atoms with E-state index in [0.29, 0.717) is 125 Å². The normalized spacial score (nSPS) is 21.0. The number of anilines is 2. The minimum absolute atomic E-state index is 0.220. The van der Waals surface area contributed by atoms with E-state index in [-0.39, 0.29) is 12.1 Å². The summed E-state index contributed by atoms with van der Waals surface area (Å²) >= 11 is 6.50. The van der Waals surface area contributed by atoms with Gasteiger partial charge in [0.05, 0.1) is 96.5 Å². The first-order chi connectivity index (χ1) is 29.5. The Kier molecular flexibility index (Phi) is 17.1. The number of ether oxygens (including phenoxy) is 8. The third kappa shape index (κ3) is 12.8. The molecule has 0 unspecified atom stereocenters. The first-order valence-electron chi connectivity index (χ1n) is 21.2. The molecule has 1 aromatic carbocycles. The molecule has 0 amide bonds. The fourth-order valence-corrected chi connectivity index (χ4v) is 8.24. The van der Waals surface area contributed by atoms with Gasteiger partial charge in [0.1, 0.15) is 23.9 Å². The molecular formula is C41H59ClN10O8. The van der Waals surface area contributed by atoms with Crippen LogP contribution < -0.4 is 14.8 Å². The number of hydrogen-bond donors (Lipinski definition) is 1. The summed E-state index contributed by atoms with van der Waals surface area (Å²) in [5, 5.41) is 20.1. The molecule has 0 radical (unpaired) electrons. The minimum atomic E-state index is -0.220. The first-order valence-corrected chi connectivity index (χ1v) is 21.5. The van der Waals surface area contributed by atoms with Gasteiger partial charge in [-0.25, -0.2) is 14.6 Å². The molecule has 2 bridgehead atoms. The molecule has 19 heteroatoms. The number of nitrogens with one attached hydrogen (secondary N) is 1. The van der Waals surface area contributed by atoms with E-state index in [1.54, 1.807) is 36.6 Å². The summed E-state index contributed by atoms with van der Waals surface area (Å²) in [7, 11) is 1.65. The van der Waals surface area contributed by atoms with Crippen molar-refractivity contribution in [3.05, 3.63) is 48.1 Å². The van der Waals surface area contributed by atoms with E-state index < -0.39 is 0 Å². The van der Waals surface area contributed by atoms with Gasteiger partial charge < -0.3 is 43.2 Å². The molecule has 3 atom stereocenters. The molecule has 1 saturated carbocycles. The van der Waals surface area contributed by atoms with E-state index in [9.17, 15) is 0 Å². The number of aromatic nitrogens is 8. The zero-order valence-corrected chi connectivity index (χ0v) is 35.5. The molecule has 1 aliphatic carbocycles. The van der Waals surface area contributed by atoms with Crippen LogP contribution in [0.15, 0.2) is 43.1 Å². The van der Waals surface area contributed by atoms with Crippen molar-refractivity contribution in [2.24, 2.45) is 0 Å². The lowest BCUT2D eigenvalue weighted by Crippen LogP contribution is -2.52. The Hall–Kier alpha value is -4.01. The number of rotatable bonds is 26. The smallest absolute Gasteiger partial charge is 0.256 e. The van der Waals surface area contributed by atoms with Crippen molar-refractivity contribution in [1.29, 1.82) is 0 Å². The maximum Gasteiger partial charge on any atom is 0.256 e. The van der Waals surface area contributed by atoms with E-state index >= 15 is 0 Å². The van der Waals surface area contributed by atoms with E-state index in [1.807, 2.05) is 25.3 Å². The molecule has 2 saturated heterocycles. The molecule has 3 aromatic heterocycles. The second-order valence-corrected chi connectivity index (χ2v) is 15.7. The fraction of sp³-hybridized carbons (Fsp3) is 0.659.